The lowest BCUT2D eigenvalue weighted by Crippen LogP contribution is -2.39. The van der Waals surface area contributed by atoms with Gasteiger partial charge in [-0.25, -0.2) is 0 Å². The van der Waals surface area contributed by atoms with Gasteiger partial charge in [-0.15, -0.1) is 0 Å². The van der Waals surface area contributed by atoms with Crippen molar-refractivity contribution >= 4 is 23.1 Å². The molecular formula is C17H17N3O. The summed E-state index contributed by atoms with van der Waals surface area (Å²) in [5.74, 6) is 0. The molecule has 1 N–H and O–H groups in total. The molecule has 0 saturated heterocycles. The van der Waals surface area contributed by atoms with Crippen LogP contribution in [0.3, 0.4) is 0 Å². The van der Waals surface area contributed by atoms with Gasteiger partial charge < -0.3 is 10.1 Å². The molecule has 2 heterocycles. The zero-order valence-electron chi connectivity index (χ0n) is 12.1. The zero-order valence-corrected chi connectivity index (χ0v) is 12.1. The van der Waals surface area contributed by atoms with E-state index in [9.17, 15) is 0 Å². The van der Waals surface area contributed by atoms with Gasteiger partial charge in [0.25, 0.3) is 6.02 Å². The van der Waals surface area contributed by atoms with Gasteiger partial charge >= 0.3 is 0 Å². The normalized spacial score (nSPS) is 18.5. The van der Waals surface area contributed by atoms with Crippen molar-refractivity contribution in [3.8, 4) is 0 Å². The van der Waals surface area contributed by atoms with Gasteiger partial charge in [0, 0.05) is 5.56 Å². The van der Waals surface area contributed by atoms with Gasteiger partial charge in [-0.1, -0.05) is 30.3 Å². The standard InChI is InChI=1S/C17H17N3O/c1-11(2)21-17-19-13-8-4-3-7-12(13)16-18-14-9-5-6-10-15(14)20(16)17/h3-11,16,18H,1-2H3. The summed E-state index contributed by atoms with van der Waals surface area (Å²) in [4.78, 5) is 6.84. The highest BCUT2D eigenvalue weighted by atomic mass is 16.5. The molecule has 0 amide bonds. The van der Waals surface area contributed by atoms with E-state index in [4.69, 9.17) is 9.73 Å². The van der Waals surface area contributed by atoms with Crippen molar-refractivity contribution < 1.29 is 4.74 Å². The van der Waals surface area contributed by atoms with E-state index in [1.807, 2.05) is 44.2 Å². The number of para-hydroxylation sites is 3. The maximum Gasteiger partial charge on any atom is 0.299 e. The summed E-state index contributed by atoms with van der Waals surface area (Å²) in [5, 5.41) is 3.56. The van der Waals surface area contributed by atoms with Crippen LogP contribution in [0.4, 0.5) is 17.1 Å². The van der Waals surface area contributed by atoms with Crippen molar-refractivity contribution in [2.24, 2.45) is 4.99 Å². The molecule has 106 valence electrons. The zero-order chi connectivity index (χ0) is 14.4. The van der Waals surface area contributed by atoms with Gasteiger partial charge in [-0.05, 0) is 32.0 Å². The minimum Gasteiger partial charge on any atom is -0.462 e. The molecule has 1 atom stereocenters. The molecule has 0 radical (unpaired) electrons. The molecule has 0 fully saturated rings. The molecule has 2 aliphatic rings. The molecule has 0 saturated carbocycles. The highest BCUT2D eigenvalue weighted by Gasteiger charge is 2.38. The Labute approximate surface area is 124 Å². The summed E-state index contributed by atoms with van der Waals surface area (Å²) in [6.45, 7) is 4.04. The predicted molar refractivity (Wildman–Crippen MR) is 85.0 cm³/mol. The van der Waals surface area contributed by atoms with Gasteiger partial charge in [-0.3, -0.25) is 4.90 Å². The van der Waals surface area contributed by atoms with Crippen molar-refractivity contribution in [1.82, 2.24) is 0 Å². The van der Waals surface area contributed by atoms with Crippen LogP contribution in [0.2, 0.25) is 0 Å². The Morgan fingerprint density at radius 3 is 2.71 bits per heavy atom. The van der Waals surface area contributed by atoms with E-state index in [2.05, 4.69) is 28.4 Å². The number of anilines is 2. The summed E-state index contributed by atoms with van der Waals surface area (Å²) in [5.41, 5.74) is 4.36. The molecule has 0 aliphatic carbocycles. The maximum atomic E-state index is 5.95. The average molecular weight is 279 g/mol. The number of hydrogen-bond donors (Lipinski definition) is 1. The lowest BCUT2D eigenvalue weighted by molar-refractivity contribution is 0.220. The van der Waals surface area contributed by atoms with E-state index < -0.39 is 0 Å². The molecule has 4 heteroatoms. The number of amidine groups is 1. The second-order valence-corrected chi connectivity index (χ2v) is 5.55. The summed E-state index contributed by atoms with van der Waals surface area (Å²) >= 11 is 0. The van der Waals surface area contributed by atoms with E-state index in [0.29, 0.717) is 6.02 Å². The molecule has 4 nitrogen and oxygen atoms in total. The second kappa shape index (κ2) is 4.52. The fraction of sp³-hybridized carbons (Fsp3) is 0.235. The van der Waals surface area contributed by atoms with Crippen LogP contribution in [-0.2, 0) is 4.74 Å². The van der Waals surface area contributed by atoms with E-state index in [-0.39, 0.29) is 12.3 Å². The Morgan fingerprint density at radius 2 is 1.86 bits per heavy atom. The van der Waals surface area contributed by atoms with Crippen LogP contribution in [0.25, 0.3) is 0 Å². The summed E-state index contributed by atoms with van der Waals surface area (Å²) in [6, 6.07) is 17.1. The molecular weight excluding hydrogens is 262 g/mol. The van der Waals surface area contributed by atoms with Gasteiger partial charge in [0.05, 0.1) is 23.2 Å². The second-order valence-electron chi connectivity index (χ2n) is 5.55. The van der Waals surface area contributed by atoms with Crippen molar-refractivity contribution in [3.05, 3.63) is 54.1 Å². The quantitative estimate of drug-likeness (QED) is 0.855. The smallest absolute Gasteiger partial charge is 0.299 e. The van der Waals surface area contributed by atoms with Crippen LogP contribution in [0, 0.1) is 0 Å². The number of benzene rings is 2. The van der Waals surface area contributed by atoms with Crippen LogP contribution in [-0.4, -0.2) is 12.1 Å². The fourth-order valence-electron chi connectivity index (χ4n) is 2.86. The topological polar surface area (TPSA) is 36.9 Å². The van der Waals surface area contributed by atoms with Crippen LogP contribution in [0.5, 0.6) is 0 Å². The molecule has 0 aromatic heterocycles. The van der Waals surface area contributed by atoms with Gasteiger partial charge in [0.2, 0.25) is 0 Å². The van der Waals surface area contributed by atoms with Crippen LogP contribution in [0.1, 0.15) is 25.6 Å². The summed E-state index contributed by atoms with van der Waals surface area (Å²) in [6.07, 6.45) is 0.132. The summed E-state index contributed by atoms with van der Waals surface area (Å²) in [7, 11) is 0. The van der Waals surface area contributed by atoms with Crippen molar-refractivity contribution in [1.29, 1.82) is 0 Å². The molecule has 0 spiro atoms. The number of fused-ring (bicyclic) bond motifs is 5. The minimum absolute atomic E-state index is 0.0462. The Bertz CT molecular complexity index is 723. The largest absolute Gasteiger partial charge is 0.462 e. The van der Waals surface area contributed by atoms with Crippen molar-refractivity contribution in [3.63, 3.8) is 0 Å². The first kappa shape index (κ1) is 12.3. The van der Waals surface area contributed by atoms with E-state index >= 15 is 0 Å². The molecule has 0 bridgehead atoms. The summed E-state index contributed by atoms with van der Waals surface area (Å²) < 4.78 is 5.95. The third-order valence-electron chi connectivity index (χ3n) is 3.71. The first-order chi connectivity index (χ1) is 10.2. The average Bonchev–Trinajstić information content (AvgIpc) is 2.86. The molecule has 21 heavy (non-hydrogen) atoms. The predicted octanol–water partition coefficient (Wildman–Crippen LogP) is 4.04. The van der Waals surface area contributed by atoms with E-state index in [0.717, 1.165) is 17.1 Å². The Hall–Kier alpha value is -2.49. The highest BCUT2D eigenvalue weighted by molar-refractivity contribution is 6.02. The number of hydrogen-bond acceptors (Lipinski definition) is 4. The van der Waals surface area contributed by atoms with Gasteiger partial charge in [0.1, 0.15) is 6.17 Å². The van der Waals surface area contributed by atoms with Crippen molar-refractivity contribution in [2.45, 2.75) is 26.1 Å². The van der Waals surface area contributed by atoms with Gasteiger partial charge in [0.15, 0.2) is 0 Å². The van der Waals surface area contributed by atoms with E-state index in [1.54, 1.807) is 0 Å². The minimum atomic E-state index is 0.0462. The van der Waals surface area contributed by atoms with Crippen LogP contribution in [0.15, 0.2) is 53.5 Å². The molecule has 2 aromatic rings. The number of aliphatic imine (C=N–C) groups is 1. The Balaban J connectivity index is 1.88. The van der Waals surface area contributed by atoms with Crippen molar-refractivity contribution in [2.75, 3.05) is 10.2 Å². The molecule has 4 rings (SSSR count). The monoisotopic (exact) mass is 279 g/mol. The Kier molecular flexibility index (Phi) is 2.64. The third kappa shape index (κ3) is 1.87. The lowest BCUT2D eigenvalue weighted by atomic mass is 10.1. The van der Waals surface area contributed by atoms with E-state index in [1.165, 1.54) is 5.56 Å². The Morgan fingerprint density at radius 1 is 1.10 bits per heavy atom. The SMILES string of the molecule is CC(C)OC1=Nc2ccccc2C2Nc3ccccc3N12. The third-order valence-corrected chi connectivity index (χ3v) is 3.71. The molecule has 1 unspecified atom stereocenters. The fourth-order valence-corrected chi connectivity index (χ4v) is 2.86. The highest BCUT2D eigenvalue weighted by Crippen LogP contribution is 2.46. The number of rotatable bonds is 1. The van der Waals surface area contributed by atoms with Gasteiger partial charge in [-0.2, -0.15) is 4.99 Å². The maximum absolute atomic E-state index is 5.95. The first-order valence-electron chi connectivity index (χ1n) is 7.23. The first-order valence-corrected chi connectivity index (χ1v) is 7.23. The van der Waals surface area contributed by atoms with Crippen LogP contribution >= 0.6 is 0 Å². The number of ether oxygens (including phenoxy) is 1. The number of nitrogens with one attached hydrogen (secondary N) is 1. The number of nitrogens with zero attached hydrogens (tertiary/aromatic N) is 2. The molecule has 2 aromatic carbocycles. The lowest BCUT2D eigenvalue weighted by Gasteiger charge is -2.32. The van der Waals surface area contributed by atoms with Crippen LogP contribution < -0.4 is 10.2 Å². The molecule has 2 aliphatic heterocycles.